The quantitative estimate of drug-likeness (QED) is 0.0270. The number of benzene rings is 8. The van der Waals surface area contributed by atoms with Crippen LogP contribution in [0.25, 0.3) is 0 Å². The highest BCUT2D eigenvalue weighted by atomic mass is 32.2. The average Bonchev–Trinajstić information content (AvgIpc) is 0.994. The van der Waals surface area contributed by atoms with Gasteiger partial charge >= 0.3 is 0 Å². The average molecular weight is 1650 g/mol. The van der Waals surface area contributed by atoms with Gasteiger partial charge in [0.1, 0.15) is 66.7 Å². The van der Waals surface area contributed by atoms with Crippen LogP contribution in [0.15, 0.2) is 194 Å². The van der Waals surface area contributed by atoms with Gasteiger partial charge < -0.3 is 40.2 Å². The first-order valence-electron chi connectivity index (χ1n) is 36.3. The van der Waals surface area contributed by atoms with Crippen molar-refractivity contribution >= 4 is 160 Å². The zero-order valence-corrected chi connectivity index (χ0v) is 67.4. The fourth-order valence-electron chi connectivity index (χ4n) is 12.6. The number of ether oxygens (including phenoxy) is 4. The lowest BCUT2D eigenvalue weighted by Crippen LogP contribution is -2.46. The molecule has 112 heavy (non-hydrogen) atoms. The van der Waals surface area contributed by atoms with E-state index in [-0.39, 0.29) is 159 Å². The Hall–Kier alpha value is -9.60. The molecule has 0 spiro atoms. The maximum atomic E-state index is 14.7. The molecule has 0 unspecified atom stereocenters. The van der Waals surface area contributed by atoms with E-state index < -0.39 is 47.3 Å². The van der Waals surface area contributed by atoms with Gasteiger partial charge in [0.15, 0.2) is 0 Å². The molecule has 578 valence electrons. The summed E-state index contributed by atoms with van der Waals surface area (Å²) >= 11 is 27.9. The molecular formula is C82H80N10O12S8. The molecule has 4 heterocycles. The van der Waals surface area contributed by atoms with E-state index in [0.29, 0.717) is 66.5 Å². The lowest BCUT2D eigenvalue weighted by Gasteiger charge is -2.28. The van der Waals surface area contributed by atoms with Crippen molar-refractivity contribution in [2.24, 2.45) is 0 Å². The molecule has 0 atom stereocenters. The second kappa shape index (κ2) is 40.7. The molecule has 0 bridgehead atoms. The summed E-state index contributed by atoms with van der Waals surface area (Å²) in [5.41, 5.74) is 4.42. The first-order valence-corrected chi connectivity index (χ1v) is 41.9. The smallest absolute Gasteiger partial charge is 0.263 e. The van der Waals surface area contributed by atoms with Gasteiger partial charge in [-0.15, -0.1) is 0 Å². The number of carbonyl (C=O) groups is 8. The van der Waals surface area contributed by atoms with Crippen LogP contribution in [-0.2, 0) is 26.4 Å². The standard InChI is InChI=1S/C82H80N10O12S8/c93-71(59-25-13-29-63(75(97)89-43-47-109-79(89)105)67(59)101-51-55-17-5-1-6-18-55)83-33-37-87(38-34-84-72(94)60-26-14-30-64(76(98)90-44-48-110-80(90)106)68(60)102-52-56-19-7-2-8-20-56)41-42-88(39-35-85-73(95)61-27-15-31-65(77(99)91-45-49-111-81(91)107)69(61)103-53-57-21-9-3-10-22-57)40-36-86-74(96)62-28-16-32-66(78(100)92-46-50-112-82(92)108)70(62)104-54-58-23-11-4-12-24-58/h1-32H,33-54H2,(H,83,93)(H,84,94)(H,85,95)(H,86,96). The summed E-state index contributed by atoms with van der Waals surface area (Å²) in [4.78, 5) is 126. The van der Waals surface area contributed by atoms with Gasteiger partial charge in [-0.2, -0.15) is 0 Å². The zero-order valence-electron chi connectivity index (χ0n) is 60.9. The zero-order chi connectivity index (χ0) is 78.3. The van der Waals surface area contributed by atoms with E-state index in [2.05, 4.69) is 21.3 Å². The first-order chi connectivity index (χ1) is 54.6. The molecule has 4 fully saturated rings. The predicted octanol–water partition coefficient (Wildman–Crippen LogP) is 11.5. The number of amides is 8. The van der Waals surface area contributed by atoms with Gasteiger partial charge in [-0.3, -0.25) is 67.8 Å². The van der Waals surface area contributed by atoms with E-state index in [4.69, 9.17) is 67.8 Å². The van der Waals surface area contributed by atoms with E-state index in [1.54, 1.807) is 72.8 Å². The van der Waals surface area contributed by atoms with Crippen molar-refractivity contribution < 1.29 is 57.3 Å². The number of hydrogen-bond acceptors (Lipinski definition) is 22. The number of thioether (sulfide) groups is 4. The van der Waals surface area contributed by atoms with Gasteiger partial charge in [-0.05, 0) is 70.8 Å². The van der Waals surface area contributed by atoms with E-state index in [1.165, 1.54) is 66.6 Å². The van der Waals surface area contributed by atoms with Crippen molar-refractivity contribution in [2.75, 3.05) is 115 Å². The van der Waals surface area contributed by atoms with Gasteiger partial charge in [-0.1, -0.05) is 242 Å². The molecule has 30 heteroatoms. The second-order valence-electron chi connectivity index (χ2n) is 25.8. The first kappa shape index (κ1) is 81.9. The second-order valence-corrected chi connectivity index (χ2v) is 32.7. The summed E-state index contributed by atoms with van der Waals surface area (Å²) in [5, 5.41) is 12.3. The van der Waals surface area contributed by atoms with Crippen LogP contribution in [0.1, 0.15) is 105 Å². The number of hydrogen-bond donors (Lipinski definition) is 4. The number of rotatable bonds is 35. The van der Waals surface area contributed by atoms with Crippen LogP contribution in [0.5, 0.6) is 23.0 Å². The number of nitrogens with zero attached hydrogens (tertiary/aromatic N) is 6. The van der Waals surface area contributed by atoms with Gasteiger partial charge in [-0.25, -0.2) is 0 Å². The molecule has 12 rings (SSSR count). The molecule has 4 aliphatic heterocycles. The highest BCUT2D eigenvalue weighted by molar-refractivity contribution is 8.24. The third-order valence-corrected chi connectivity index (χ3v) is 24.2. The Labute approximate surface area is 688 Å². The van der Waals surface area contributed by atoms with E-state index in [1.807, 2.05) is 131 Å². The Balaban J connectivity index is 0.824. The molecule has 4 N–H and O–H groups in total. The van der Waals surface area contributed by atoms with Crippen LogP contribution >= 0.6 is 95.9 Å². The van der Waals surface area contributed by atoms with Crippen molar-refractivity contribution in [3.05, 3.63) is 261 Å². The van der Waals surface area contributed by atoms with Gasteiger partial charge in [0, 0.05) is 115 Å². The number of thiocarbonyl (C=S) groups is 4. The van der Waals surface area contributed by atoms with Crippen LogP contribution in [0, 0.1) is 0 Å². The van der Waals surface area contributed by atoms with Crippen LogP contribution in [0.4, 0.5) is 0 Å². The topological polar surface area (TPSA) is 241 Å². The Bertz CT molecular complexity index is 4210. The largest absolute Gasteiger partial charge is 0.487 e. The van der Waals surface area contributed by atoms with Crippen molar-refractivity contribution in [1.29, 1.82) is 0 Å². The minimum absolute atomic E-state index is 0.0532. The van der Waals surface area contributed by atoms with Gasteiger partial charge in [0.05, 0.1) is 44.5 Å². The van der Waals surface area contributed by atoms with Gasteiger partial charge in [0.25, 0.3) is 47.3 Å². The van der Waals surface area contributed by atoms with Crippen molar-refractivity contribution in [3.8, 4) is 23.0 Å². The minimum Gasteiger partial charge on any atom is -0.487 e. The monoisotopic (exact) mass is 1650 g/mol. The van der Waals surface area contributed by atoms with Crippen molar-refractivity contribution in [3.63, 3.8) is 0 Å². The molecule has 0 aromatic heterocycles. The molecule has 4 saturated heterocycles. The molecular weight excluding hydrogens is 1570 g/mol. The van der Waals surface area contributed by atoms with E-state index in [9.17, 15) is 38.4 Å². The summed E-state index contributed by atoms with van der Waals surface area (Å²) in [6, 6.07) is 56.9. The lowest BCUT2D eigenvalue weighted by molar-refractivity contribution is 0.0846. The summed E-state index contributed by atoms with van der Waals surface area (Å²) in [6.45, 7) is 3.37. The van der Waals surface area contributed by atoms with Crippen molar-refractivity contribution in [2.45, 2.75) is 26.4 Å². The SMILES string of the molecule is O=C(NCCN(CCNC(=O)c1cccc(C(=O)N2CCSC2=S)c1OCc1ccccc1)CCN(CCNC(=O)c1cccc(C(=O)N2CCSC2=S)c1OCc1ccccc1)CCNC(=O)c1cccc(C(=O)N2CCSC2=S)c1OCc1ccccc1)c1cccc(C(=O)N2CCSC2=S)c1OCc1ccccc1. The molecule has 8 amide bonds. The van der Waals surface area contributed by atoms with E-state index in [0.717, 1.165) is 22.3 Å². The Morgan fingerprint density at radius 3 is 0.688 bits per heavy atom. The molecule has 0 radical (unpaired) electrons. The minimum atomic E-state index is -0.521. The maximum absolute atomic E-state index is 14.7. The third-order valence-electron chi connectivity index (χ3n) is 18.5. The maximum Gasteiger partial charge on any atom is 0.263 e. The highest BCUT2D eigenvalue weighted by Gasteiger charge is 2.35. The summed E-state index contributed by atoms with van der Waals surface area (Å²) < 4.78 is 27.4. The fraction of sp³-hybridized carbons (Fsp3) is 0.268. The van der Waals surface area contributed by atoms with Crippen molar-refractivity contribution in [1.82, 2.24) is 50.7 Å². The van der Waals surface area contributed by atoms with Crippen LogP contribution in [0.2, 0.25) is 0 Å². The number of carbonyl (C=O) groups excluding carboxylic acids is 8. The normalized spacial score (nSPS) is 14.1. The third kappa shape index (κ3) is 21.4. The predicted molar refractivity (Wildman–Crippen MR) is 455 cm³/mol. The number of para-hydroxylation sites is 4. The summed E-state index contributed by atoms with van der Waals surface area (Å²) in [6.07, 6.45) is 0. The Kier molecular flexibility index (Phi) is 29.8. The van der Waals surface area contributed by atoms with E-state index >= 15 is 0 Å². The molecule has 4 aliphatic rings. The summed E-state index contributed by atoms with van der Waals surface area (Å²) in [5.74, 6) is -0.779. The number of nitrogens with one attached hydrogen (secondary N) is 4. The fourth-order valence-corrected chi connectivity index (χ4v) is 17.4. The molecule has 22 nitrogen and oxygen atoms in total. The molecule has 0 saturated carbocycles. The Morgan fingerprint density at radius 2 is 0.491 bits per heavy atom. The lowest BCUT2D eigenvalue weighted by atomic mass is 10.1. The highest BCUT2D eigenvalue weighted by Crippen LogP contribution is 2.35. The van der Waals surface area contributed by atoms with Gasteiger partial charge in [0.2, 0.25) is 0 Å². The van der Waals surface area contributed by atoms with Crippen LogP contribution in [-0.4, -0.2) is 209 Å². The van der Waals surface area contributed by atoms with Crippen LogP contribution in [0.3, 0.4) is 0 Å². The Morgan fingerprint density at radius 1 is 0.286 bits per heavy atom. The molecule has 8 aromatic carbocycles. The summed E-state index contributed by atoms with van der Waals surface area (Å²) in [7, 11) is 0. The molecule has 0 aliphatic carbocycles. The van der Waals surface area contributed by atoms with Crippen LogP contribution < -0.4 is 40.2 Å². The molecule has 8 aromatic rings.